The van der Waals surface area contributed by atoms with Gasteiger partial charge in [0.25, 0.3) is 0 Å². The number of nitrogens with zero attached hydrogens (tertiary/aromatic N) is 2. The smallest absolute Gasteiger partial charge is 0.130 e. The van der Waals surface area contributed by atoms with E-state index in [0.29, 0.717) is 12.6 Å². The summed E-state index contributed by atoms with van der Waals surface area (Å²) in [7, 11) is 0. The van der Waals surface area contributed by atoms with Gasteiger partial charge in [-0.3, -0.25) is 0 Å². The second-order valence-electron chi connectivity index (χ2n) is 5.49. The van der Waals surface area contributed by atoms with Gasteiger partial charge in [-0.2, -0.15) is 0 Å². The quantitative estimate of drug-likeness (QED) is 0.908. The molecule has 0 spiro atoms. The molecule has 0 unspecified atom stereocenters. The number of imidazole rings is 1. The molecule has 0 fully saturated rings. The molecule has 4 nitrogen and oxygen atoms in total. The number of benzene rings is 1. The molecule has 0 saturated carbocycles. The van der Waals surface area contributed by atoms with Gasteiger partial charge in [0.15, 0.2) is 0 Å². The normalized spacial score (nSPS) is 12.7. The maximum atomic E-state index is 5.91. The van der Waals surface area contributed by atoms with Crippen molar-refractivity contribution in [2.45, 2.75) is 46.4 Å². The molecule has 2 N–H and O–H groups in total. The molecule has 0 aliphatic rings. The molecule has 0 aliphatic heterocycles. The molecule has 1 aromatic carbocycles. The molecule has 0 aliphatic carbocycles. The molecule has 2 aromatic rings. The largest absolute Gasteiger partial charge is 0.487 e. The van der Waals surface area contributed by atoms with Crippen LogP contribution in [-0.4, -0.2) is 9.55 Å². The van der Waals surface area contributed by atoms with Crippen LogP contribution in [0, 0.1) is 6.92 Å². The van der Waals surface area contributed by atoms with Crippen LogP contribution in [0.25, 0.3) is 0 Å². The number of ether oxygens (including phenoxy) is 1. The number of hydrogen-bond donors (Lipinski definition) is 1. The van der Waals surface area contributed by atoms with Gasteiger partial charge in [0.1, 0.15) is 12.4 Å². The van der Waals surface area contributed by atoms with Gasteiger partial charge >= 0.3 is 0 Å². The van der Waals surface area contributed by atoms with E-state index in [2.05, 4.69) is 29.5 Å². The van der Waals surface area contributed by atoms with Crippen LogP contribution in [0.2, 0.25) is 0 Å². The lowest BCUT2D eigenvalue weighted by atomic mass is 10.1. The van der Waals surface area contributed by atoms with Gasteiger partial charge in [-0.05, 0) is 44.9 Å². The lowest BCUT2D eigenvalue weighted by molar-refractivity contribution is 0.290. The van der Waals surface area contributed by atoms with Gasteiger partial charge in [-0.15, -0.1) is 0 Å². The summed E-state index contributed by atoms with van der Waals surface area (Å²) in [5.74, 6) is 0.894. The molecule has 0 saturated heterocycles. The Morgan fingerprint density at radius 3 is 2.65 bits per heavy atom. The molecule has 0 amide bonds. The first-order valence-electron chi connectivity index (χ1n) is 6.98. The molecule has 4 heteroatoms. The molecule has 0 radical (unpaired) electrons. The van der Waals surface area contributed by atoms with E-state index in [1.807, 2.05) is 38.5 Å². The van der Waals surface area contributed by atoms with Crippen molar-refractivity contribution < 1.29 is 4.74 Å². The van der Waals surface area contributed by atoms with E-state index in [-0.39, 0.29) is 6.04 Å². The highest BCUT2D eigenvalue weighted by Crippen LogP contribution is 2.23. The Morgan fingerprint density at radius 1 is 1.30 bits per heavy atom. The van der Waals surface area contributed by atoms with Crippen LogP contribution in [0.4, 0.5) is 0 Å². The molecule has 1 heterocycles. The zero-order valence-corrected chi connectivity index (χ0v) is 12.6. The maximum absolute atomic E-state index is 5.91. The van der Waals surface area contributed by atoms with Crippen molar-refractivity contribution >= 4 is 0 Å². The van der Waals surface area contributed by atoms with Crippen LogP contribution >= 0.6 is 0 Å². The fourth-order valence-electron chi connectivity index (χ4n) is 2.18. The minimum Gasteiger partial charge on any atom is -0.487 e. The second-order valence-corrected chi connectivity index (χ2v) is 5.49. The Bertz CT molecular complexity index is 573. The van der Waals surface area contributed by atoms with E-state index in [4.69, 9.17) is 10.5 Å². The molecule has 2 rings (SSSR count). The summed E-state index contributed by atoms with van der Waals surface area (Å²) in [5, 5.41) is 0. The minimum absolute atomic E-state index is 0.0464. The first-order valence-corrected chi connectivity index (χ1v) is 6.98. The van der Waals surface area contributed by atoms with E-state index < -0.39 is 0 Å². The van der Waals surface area contributed by atoms with Gasteiger partial charge in [0.2, 0.25) is 0 Å². The summed E-state index contributed by atoms with van der Waals surface area (Å²) in [6.07, 6.45) is 3.70. The highest BCUT2D eigenvalue weighted by atomic mass is 16.5. The number of aryl methyl sites for hydroxylation is 1. The summed E-state index contributed by atoms with van der Waals surface area (Å²) in [6, 6.07) is 6.53. The lowest BCUT2D eigenvalue weighted by Crippen LogP contribution is -2.08. The summed E-state index contributed by atoms with van der Waals surface area (Å²) in [5.41, 5.74) is 9.20. The zero-order valence-electron chi connectivity index (χ0n) is 12.6. The third-order valence-corrected chi connectivity index (χ3v) is 3.40. The highest BCUT2D eigenvalue weighted by Gasteiger charge is 2.08. The average molecular weight is 273 g/mol. The van der Waals surface area contributed by atoms with E-state index in [1.54, 1.807) is 0 Å². The van der Waals surface area contributed by atoms with Crippen molar-refractivity contribution in [1.82, 2.24) is 9.55 Å². The molecule has 1 aromatic heterocycles. The maximum Gasteiger partial charge on any atom is 0.130 e. The molecule has 0 bridgehead atoms. The van der Waals surface area contributed by atoms with Crippen LogP contribution in [-0.2, 0) is 6.61 Å². The average Bonchev–Trinajstić information content (AvgIpc) is 2.85. The standard InChI is InChI=1S/C16H23N3O/c1-11(2)19-10-18-8-15(19)9-20-16-6-5-14(13(4)17)7-12(16)3/h5-8,10-11,13H,9,17H2,1-4H3/t13-/m0/s1. The molecule has 1 atom stereocenters. The molecule has 108 valence electrons. The summed E-state index contributed by atoms with van der Waals surface area (Å²) < 4.78 is 8.02. The van der Waals surface area contributed by atoms with Gasteiger partial charge in [0, 0.05) is 12.1 Å². The van der Waals surface area contributed by atoms with Crippen LogP contribution in [0.5, 0.6) is 5.75 Å². The summed E-state index contributed by atoms with van der Waals surface area (Å²) >= 11 is 0. The topological polar surface area (TPSA) is 53.1 Å². The fourth-order valence-corrected chi connectivity index (χ4v) is 2.18. The fraction of sp³-hybridized carbons (Fsp3) is 0.438. The predicted molar refractivity (Wildman–Crippen MR) is 80.7 cm³/mol. The summed E-state index contributed by atoms with van der Waals surface area (Å²) in [4.78, 5) is 4.18. The lowest BCUT2D eigenvalue weighted by Gasteiger charge is -2.15. The molecular weight excluding hydrogens is 250 g/mol. The van der Waals surface area contributed by atoms with Gasteiger partial charge in [-0.25, -0.2) is 4.98 Å². The Morgan fingerprint density at radius 2 is 2.05 bits per heavy atom. The Kier molecular flexibility index (Phi) is 4.45. The number of nitrogens with two attached hydrogens (primary N) is 1. The number of aromatic nitrogens is 2. The van der Waals surface area contributed by atoms with Crippen molar-refractivity contribution in [3.8, 4) is 5.75 Å². The Labute approximate surface area is 120 Å². The first kappa shape index (κ1) is 14.6. The third kappa shape index (κ3) is 3.20. The van der Waals surface area contributed by atoms with Crippen LogP contribution < -0.4 is 10.5 Å². The first-order chi connectivity index (χ1) is 9.49. The summed E-state index contributed by atoms with van der Waals surface area (Å²) in [6.45, 7) is 8.82. The number of rotatable bonds is 5. The van der Waals surface area contributed by atoms with Crippen molar-refractivity contribution in [2.24, 2.45) is 5.73 Å². The zero-order chi connectivity index (χ0) is 14.7. The van der Waals surface area contributed by atoms with E-state index in [0.717, 1.165) is 22.6 Å². The predicted octanol–water partition coefficient (Wildman–Crippen LogP) is 3.37. The highest BCUT2D eigenvalue weighted by molar-refractivity contribution is 5.37. The van der Waals surface area contributed by atoms with Gasteiger partial charge < -0.3 is 15.0 Å². The second kappa shape index (κ2) is 6.09. The van der Waals surface area contributed by atoms with Crippen LogP contribution in [0.1, 0.15) is 49.7 Å². The van der Waals surface area contributed by atoms with Crippen molar-refractivity contribution in [3.05, 3.63) is 47.5 Å². The van der Waals surface area contributed by atoms with Crippen LogP contribution in [0.15, 0.2) is 30.7 Å². The van der Waals surface area contributed by atoms with Crippen molar-refractivity contribution in [3.63, 3.8) is 0 Å². The SMILES string of the molecule is Cc1cc([C@H](C)N)ccc1OCc1cncn1C(C)C. The van der Waals surface area contributed by atoms with E-state index in [9.17, 15) is 0 Å². The van der Waals surface area contributed by atoms with Crippen molar-refractivity contribution in [2.75, 3.05) is 0 Å². The van der Waals surface area contributed by atoms with E-state index >= 15 is 0 Å². The van der Waals surface area contributed by atoms with Gasteiger partial charge in [-0.1, -0.05) is 12.1 Å². The third-order valence-electron chi connectivity index (χ3n) is 3.40. The Hall–Kier alpha value is -1.81. The Balaban J connectivity index is 2.09. The van der Waals surface area contributed by atoms with Crippen LogP contribution in [0.3, 0.4) is 0 Å². The number of hydrogen-bond acceptors (Lipinski definition) is 3. The van der Waals surface area contributed by atoms with Gasteiger partial charge in [0.05, 0.1) is 18.2 Å². The molecule has 20 heavy (non-hydrogen) atoms. The van der Waals surface area contributed by atoms with Crippen molar-refractivity contribution in [1.29, 1.82) is 0 Å². The monoisotopic (exact) mass is 273 g/mol. The van der Waals surface area contributed by atoms with E-state index in [1.165, 1.54) is 0 Å². The minimum atomic E-state index is 0.0464. The molecular formula is C16H23N3O.